The van der Waals surface area contributed by atoms with Crippen LogP contribution in [0.4, 0.5) is 5.69 Å². The number of para-hydroxylation sites is 1. The Morgan fingerprint density at radius 2 is 2.04 bits per heavy atom. The van der Waals surface area contributed by atoms with Gasteiger partial charge >= 0.3 is 0 Å². The van der Waals surface area contributed by atoms with E-state index in [1.807, 2.05) is 30.3 Å². The molecule has 0 saturated carbocycles. The molecule has 2 heterocycles. The second-order valence-corrected chi connectivity index (χ2v) is 5.71. The monoisotopic (exact) mass is 337 g/mol. The van der Waals surface area contributed by atoms with Gasteiger partial charge in [-0.2, -0.15) is 0 Å². The van der Waals surface area contributed by atoms with Gasteiger partial charge in [-0.1, -0.05) is 30.4 Å². The number of hydrogen-bond acceptors (Lipinski definition) is 4. The maximum Gasteiger partial charge on any atom is 0.254 e. The van der Waals surface area contributed by atoms with Gasteiger partial charge in [0.15, 0.2) is 0 Å². The molecular weight excluding hydrogens is 322 g/mol. The Morgan fingerprint density at radius 1 is 1.29 bits per heavy atom. The van der Waals surface area contributed by atoms with Gasteiger partial charge in [0.05, 0.1) is 23.3 Å². The number of allylic oxidation sites excluding steroid dienone is 1. The van der Waals surface area contributed by atoms with Gasteiger partial charge < -0.3 is 15.1 Å². The number of benzene rings is 1. The van der Waals surface area contributed by atoms with Gasteiger partial charge in [0.1, 0.15) is 10.7 Å². The fourth-order valence-corrected chi connectivity index (χ4v) is 3.01. The Kier molecular flexibility index (Phi) is 4.42. The molecule has 1 unspecified atom stereocenters. The third-order valence-electron chi connectivity index (χ3n) is 3.77. The lowest BCUT2D eigenvalue weighted by atomic mass is 9.84. The number of anilines is 1. The van der Waals surface area contributed by atoms with Crippen molar-refractivity contribution in [1.82, 2.24) is 5.32 Å². The second kappa shape index (κ2) is 6.66. The number of hydrogen-bond donors (Lipinski definition) is 3. The summed E-state index contributed by atoms with van der Waals surface area (Å²) in [6, 6.07) is 12.7. The minimum atomic E-state index is -0.560. The lowest BCUT2D eigenvalue weighted by molar-refractivity contribution is -0.113. The van der Waals surface area contributed by atoms with E-state index in [1.54, 1.807) is 19.1 Å². The quantitative estimate of drug-likeness (QED) is 0.456. The number of furan rings is 1. The zero-order chi connectivity index (χ0) is 17.1. The maximum atomic E-state index is 12.9. The van der Waals surface area contributed by atoms with E-state index in [1.165, 1.54) is 6.26 Å². The number of carbonyl (C=O) groups excluding carboxylic acids is 1. The number of amides is 1. The highest BCUT2D eigenvalue weighted by molar-refractivity contribution is 7.80. The summed E-state index contributed by atoms with van der Waals surface area (Å²) in [6.45, 7) is 1.78. The molecule has 0 fully saturated rings. The summed E-state index contributed by atoms with van der Waals surface area (Å²) in [7, 11) is 0. The van der Waals surface area contributed by atoms with Crippen LogP contribution < -0.4 is 10.6 Å². The summed E-state index contributed by atoms with van der Waals surface area (Å²) >= 11 is 5.29. The highest BCUT2D eigenvalue weighted by atomic mass is 32.1. The van der Waals surface area contributed by atoms with E-state index in [-0.39, 0.29) is 5.91 Å². The summed E-state index contributed by atoms with van der Waals surface area (Å²) in [5.74, 6) is 2.06. The van der Waals surface area contributed by atoms with E-state index in [9.17, 15) is 4.79 Å². The van der Waals surface area contributed by atoms with Crippen LogP contribution in [0.15, 0.2) is 70.0 Å². The van der Waals surface area contributed by atoms with E-state index in [0.717, 1.165) is 0 Å². The fraction of sp³-hybridized carbons (Fsp3) is 0.111. The van der Waals surface area contributed by atoms with Crippen molar-refractivity contribution in [3.8, 4) is 0 Å². The van der Waals surface area contributed by atoms with Crippen molar-refractivity contribution in [3.05, 3.63) is 71.3 Å². The fourth-order valence-electron chi connectivity index (χ4n) is 2.69. The van der Waals surface area contributed by atoms with E-state index < -0.39 is 5.92 Å². The number of carbonyl (C=O) groups is 1. The van der Waals surface area contributed by atoms with Crippen LogP contribution in [-0.2, 0) is 4.79 Å². The molecule has 0 spiro atoms. The highest BCUT2D eigenvalue weighted by Gasteiger charge is 2.36. The number of rotatable bonds is 3. The van der Waals surface area contributed by atoms with Crippen molar-refractivity contribution in [2.45, 2.75) is 12.8 Å². The van der Waals surface area contributed by atoms with E-state index in [4.69, 9.17) is 22.0 Å². The maximum absolute atomic E-state index is 12.9. The normalized spacial score (nSPS) is 17.3. The average Bonchev–Trinajstić information content (AvgIpc) is 3.09. The SMILES string of the molecule is CC1=C(C(=O)Nc2ccccc2)C(c2ccco2)C(=C=N)C(=S)N1. The zero-order valence-corrected chi connectivity index (χ0v) is 13.7. The molecule has 0 saturated heterocycles. The van der Waals surface area contributed by atoms with Crippen LogP contribution in [-0.4, -0.2) is 16.8 Å². The van der Waals surface area contributed by atoms with Gasteiger partial charge in [-0.25, -0.2) is 0 Å². The van der Waals surface area contributed by atoms with E-state index in [2.05, 4.69) is 16.5 Å². The van der Waals surface area contributed by atoms with Crippen molar-refractivity contribution >= 4 is 34.7 Å². The molecule has 24 heavy (non-hydrogen) atoms. The molecule has 2 aromatic rings. The third-order valence-corrected chi connectivity index (χ3v) is 4.09. The number of nitrogens with one attached hydrogen (secondary N) is 3. The predicted octanol–water partition coefficient (Wildman–Crippen LogP) is 3.38. The van der Waals surface area contributed by atoms with E-state index in [0.29, 0.717) is 33.3 Å². The molecular formula is C18H15N3O2S. The first-order chi connectivity index (χ1) is 11.6. The molecule has 3 N–H and O–H groups in total. The summed E-state index contributed by atoms with van der Waals surface area (Å²) in [5, 5.41) is 13.4. The summed E-state index contributed by atoms with van der Waals surface area (Å²) in [5.41, 5.74) is 2.18. The average molecular weight is 337 g/mol. The molecule has 120 valence electrons. The second-order valence-electron chi connectivity index (χ2n) is 5.30. The van der Waals surface area contributed by atoms with E-state index >= 15 is 0 Å². The Bertz CT molecular complexity index is 863. The first-order valence-electron chi connectivity index (χ1n) is 7.33. The van der Waals surface area contributed by atoms with Crippen molar-refractivity contribution < 1.29 is 9.21 Å². The number of thiocarbonyl (C=S) groups is 1. The van der Waals surface area contributed by atoms with Crippen molar-refractivity contribution in [2.75, 3.05) is 5.32 Å². The van der Waals surface area contributed by atoms with Crippen LogP contribution in [0.3, 0.4) is 0 Å². The third kappa shape index (κ3) is 2.93. The van der Waals surface area contributed by atoms with Gasteiger partial charge in [-0.15, -0.1) is 0 Å². The van der Waals surface area contributed by atoms with Crippen molar-refractivity contribution in [1.29, 1.82) is 5.41 Å². The van der Waals surface area contributed by atoms with Crippen molar-refractivity contribution in [2.24, 2.45) is 0 Å². The first kappa shape index (κ1) is 15.9. The predicted molar refractivity (Wildman–Crippen MR) is 96.2 cm³/mol. The molecule has 0 aliphatic carbocycles. The molecule has 1 amide bonds. The molecule has 6 heteroatoms. The van der Waals surface area contributed by atoms with Gasteiger partial charge in [-0.3, -0.25) is 10.2 Å². The summed E-state index contributed by atoms with van der Waals surface area (Å²) in [6.07, 6.45) is 1.53. The molecule has 1 atom stereocenters. The van der Waals surface area contributed by atoms with Crippen LogP contribution in [0.1, 0.15) is 18.6 Å². The first-order valence-corrected chi connectivity index (χ1v) is 7.74. The van der Waals surface area contributed by atoms with Crippen LogP contribution in [0.2, 0.25) is 0 Å². The molecule has 1 aliphatic heterocycles. The molecule has 3 rings (SSSR count). The Morgan fingerprint density at radius 3 is 2.67 bits per heavy atom. The topological polar surface area (TPSA) is 78.1 Å². The standard InChI is InChI=1S/C18H15N3O2S/c1-11-15(17(22)21-12-6-3-2-4-7-12)16(14-8-5-9-23-14)13(10-19)18(24)20-11/h2-9,16,19H,1H3,(H,20,24)(H,21,22). The van der Waals surface area contributed by atoms with Gasteiger partial charge in [-0.05, 0) is 37.1 Å². The van der Waals surface area contributed by atoms with Gasteiger partial charge in [0.2, 0.25) is 0 Å². The molecule has 1 aromatic heterocycles. The minimum absolute atomic E-state index is 0.275. The lowest BCUT2D eigenvalue weighted by Crippen LogP contribution is -2.36. The Balaban J connectivity index is 2.04. The molecule has 5 nitrogen and oxygen atoms in total. The largest absolute Gasteiger partial charge is 0.468 e. The van der Waals surface area contributed by atoms with Gasteiger partial charge in [0, 0.05) is 11.4 Å². The van der Waals surface area contributed by atoms with Crippen molar-refractivity contribution in [3.63, 3.8) is 0 Å². The van der Waals surface area contributed by atoms with Crippen LogP contribution >= 0.6 is 12.2 Å². The zero-order valence-electron chi connectivity index (χ0n) is 12.9. The lowest BCUT2D eigenvalue weighted by Gasteiger charge is -2.28. The molecule has 0 bridgehead atoms. The highest BCUT2D eigenvalue weighted by Crippen LogP contribution is 2.36. The Labute approximate surface area is 144 Å². The summed E-state index contributed by atoms with van der Waals surface area (Å²) in [4.78, 5) is 13.2. The smallest absolute Gasteiger partial charge is 0.254 e. The van der Waals surface area contributed by atoms with Crippen LogP contribution in [0, 0.1) is 5.41 Å². The Hall–Kier alpha value is -2.95. The molecule has 0 radical (unpaired) electrons. The van der Waals surface area contributed by atoms with Crippen LogP contribution in [0.5, 0.6) is 0 Å². The molecule has 1 aromatic carbocycles. The minimum Gasteiger partial charge on any atom is -0.468 e. The van der Waals surface area contributed by atoms with Crippen LogP contribution in [0.25, 0.3) is 0 Å². The van der Waals surface area contributed by atoms with Gasteiger partial charge in [0.25, 0.3) is 5.91 Å². The molecule has 1 aliphatic rings. The summed E-state index contributed by atoms with van der Waals surface area (Å²) < 4.78 is 5.49.